The van der Waals surface area contributed by atoms with Crippen molar-refractivity contribution in [2.45, 2.75) is 44.1 Å². The number of rotatable bonds is 7. The van der Waals surface area contributed by atoms with E-state index in [1.54, 1.807) is 0 Å². The Morgan fingerprint density at radius 1 is 1.27 bits per heavy atom. The van der Waals surface area contributed by atoms with Gasteiger partial charge in [-0.2, -0.15) is 0 Å². The van der Waals surface area contributed by atoms with Crippen molar-refractivity contribution in [2.75, 3.05) is 19.8 Å². The molecule has 0 aromatic rings. The molecule has 2 saturated carbocycles. The van der Waals surface area contributed by atoms with E-state index in [0.29, 0.717) is 19.1 Å². The Bertz CT molecular complexity index is 202. The largest absolute Gasteiger partial charge is 0.386 e. The van der Waals surface area contributed by atoms with Gasteiger partial charge in [-0.1, -0.05) is 19.3 Å². The maximum atomic E-state index is 10.1. The molecule has 0 radical (unpaired) electrons. The maximum absolute atomic E-state index is 10.1. The van der Waals surface area contributed by atoms with Crippen LogP contribution in [0.15, 0.2) is 0 Å². The fraction of sp³-hybridized carbons (Fsp3) is 1.00. The van der Waals surface area contributed by atoms with Gasteiger partial charge in [0.25, 0.3) is 0 Å². The summed E-state index contributed by atoms with van der Waals surface area (Å²) in [5.74, 6) is 1.28. The third-order valence-electron chi connectivity index (χ3n) is 3.94. The van der Waals surface area contributed by atoms with Gasteiger partial charge in [0.15, 0.2) is 0 Å². The van der Waals surface area contributed by atoms with Gasteiger partial charge in [-0.3, -0.25) is 0 Å². The van der Waals surface area contributed by atoms with Gasteiger partial charge in [0.2, 0.25) is 0 Å². The predicted molar refractivity (Wildman–Crippen MR) is 59.5 cm³/mol. The summed E-state index contributed by atoms with van der Waals surface area (Å²) in [5.41, 5.74) is 4.86. The molecule has 0 bridgehead atoms. The molecule has 2 rings (SSSR count). The summed E-state index contributed by atoms with van der Waals surface area (Å²) in [4.78, 5) is 0. The third-order valence-corrected chi connectivity index (χ3v) is 3.94. The second-order valence-electron chi connectivity index (χ2n) is 5.22. The Hall–Kier alpha value is -0.120. The van der Waals surface area contributed by atoms with Crippen LogP contribution < -0.4 is 5.73 Å². The Kier molecular flexibility index (Phi) is 3.65. The quantitative estimate of drug-likeness (QED) is 0.627. The van der Waals surface area contributed by atoms with Crippen LogP contribution in [-0.4, -0.2) is 30.5 Å². The molecular formula is C12H23NO2. The number of hydrogen-bond acceptors (Lipinski definition) is 3. The molecule has 3 heteroatoms. The first-order valence-corrected chi connectivity index (χ1v) is 6.25. The van der Waals surface area contributed by atoms with Crippen molar-refractivity contribution in [3.05, 3.63) is 0 Å². The van der Waals surface area contributed by atoms with Crippen LogP contribution in [-0.2, 0) is 4.74 Å². The molecule has 3 nitrogen and oxygen atoms in total. The molecule has 3 N–H and O–H groups in total. The van der Waals surface area contributed by atoms with E-state index in [4.69, 9.17) is 10.5 Å². The minimum absolute atomic E-state index is 0.334. The summed E-state index contributed by atoms with van der Waals surface area (Å²) in [6, 6.07) is 0. The van der Waals surface area contributed by atoms with Gasteiger partial charge in [-0.15, -0.1) is 0 Å². The summed E-state index contributed by atoms with van der Waals surface area (Å²) in [5, 5.41) is 10.1. The Labute approximate surface area is 92.0 Å². The second-order valence-corrected chi connectivity index (χ2v) is 5.22. The Balaban J connectivity index is 1.58. The molecule has 0 aliphatic heterocycles. The zero-order valence-electron chi connectivity index (χ0n) is 9.45. The van der Waals surface area contributed by atoms with Crippen LogP contribution in [0.25, 0.3) is 0 Å². The molecule has 1 unspecified atom stereocenters. The van der Waals surface area contributed by atoms with Crippen molar-refractivity contribution in [3.8, 4) is 0 Å². The first kappa shape index (κ1) is 11.4. The Morgan fingerprint density at radius 3 is 2.47 bits per heavy atom. The first-order valence-electron chi connectivity index (χ1n) is 6.25. The van der Waals surface area contributed by atoms with E-state index >= 15 is 0 Å². The lowest BCUT2D eigenvalue weighted by molar-refractivity contribution is -0.0582. The molecule has 0 spiro atoms. The number of nitrogens with two attached hydrogens (primary N) is 1. The van der Waals surface area contributed by atoms with Crippen LogP contribution in [0.2, 0.25) is 0 Å². The van der Waals surface area contributed by atoms with Gasteiger partial charge < -0.3 is 15.6 Å². The molecule has 2 aliphatic carbocycles. The van der Waals surface area contributed by atoms with Crippen LogP contribution in [0.1, 0.15) is 38.5 Å². The van der Waals surface area contributed by atoms with E-state index in [1.807, 2.05) is 0 Å². The van der Waals surface area contributed by atoms with Crippen molar-refractivity contribution in [3.63, 3.8) is 0 Å². The summed E-state index contributed by atoms with van der Waals surface area (Å²) in [7, 11) is 0. The van der Waals surface area contributed by atoms with Crippen molar-refractivity contribution >= 4 is 0 Å². The van der Waals surface area contributed by atoms with Gasteiger partial charge in [-0.05, 0) is 31.1 Å². The van der Waals surface area contributed by atoms with Crippen LogP contribution in [0.5, 0.6) is 0 Å². The highest BCUT2D eigenvalue weighted by molar-refractivity contribution is 4.95. The standard InChI is InChI=1S/C12H23NO2/c13-8-12(14,11-4-5-11)9-15-7-6-10-2-1-3-10/h10-11,14H,1-9,13H2. The van der Waals surface area contributed by atoms with E-state index in [-0.39, 0.29) is 0 Å². The molecule has 88 valence electrons. The van der Waals surface area contributed by atoms with E-state index in [9.17, 15) is 5.11 Å². The normalized spacial score (nSPS) is 26.0. The number of aliphatic hydroxyl groups is 1. The van der Waals surface area contributed by atoms with Gasteiger partial charge in [0.05, 0.1) is 6.61 Å². The van der Waals surface area contributed by atoms with Crippen molar-refractivity contribution in [1.29, 1.82) is 0 Å². The monoisotopic (exact) mass is 213 g/mol. The smallest absolute Gasteiger partial charge is 0.103 e. The number of hydrogen-bond donors (Lipinski definition) is 2. The molecule has 0 saturated heterocycles. The van der Waals surface area contributed by atoms with Crippen LogP contribution >= 0.6 is 0 Å². The van der Waals surface area contributed by atoms with Crippen molar-refractivity contribution in [1.82, 2.24) is 0 Å². The average molecular weight is 213 g/mol. The summed E-state index contributed by atoms with van der Waals surface area (Å²) < 4.78 is 5.57. The van der Waals surface area contributed by atoms with Crippen LogP contribution in [0, 0.1) is 11.8 Å². The fourth-order valence-electron chi connectivity index (χ4n) is 2.24. The lowest BCUT2D eigenvalue weighted by Crippen LogP contribution is -2.44. The van der Waals surface area contributed by atoms with Crippen molar-refractivity contribution < 1.29 is 9.84 Å². The van der Waals surface area contributed by atoms with Crippen LogP contribution in [0.3, 0.4) is 0 Å². The lowest BCUT2D eigenvalue weighted by atomic mass is 9.83. The molecular weight excluding hydrogens is 190 g/mol. The SMILES string of the molecule is NCC(O)(COCCC1CCC1)C1CC1. The molecule has 0 aromatic carbocycles. The lowest BCUT2D eigenvalue weighted by Gasteiger charge is -2.28. The molecule has 1 atom stereocenters. The molecule has 2 aliphatic rings. The predicted octanol–water partition coefficient (Wildman–Crippen LogP) is 1.29. The molecule has 0 heterocycles. The fourth-order valence-corrected chi connectivity index (χ4v) is 2.24. The second kappa shape index (κ2) is 4.81. The van der Waals surface area contributed by atoms with Gasteiger partial charge in [0, 0.05) is 13.2 Å². The zero-order valence-corrected chi connectivity index (χ0v) is 9.45. The van der Waals surface area contributed by atoms with E-state index < -0.39 is 5.60 Å². The highest BCUT2D eigenvalue weighted by atomic mass is 16.5. The molecule has 0 amide bonds. The first-order chi connectivity index (χ1) is 7.24. The minimum atomic E-state index is -0.736. The highest BCUT2D eigenvalue weighted by Gasteiger charge is 2.42. The highest BCUT2D eigenvalue weighted by Crippen LogP contribution is 2.39. The average Bonchev–Trinajstić information content (AvgIpc) is 2.97. The molecule has 2 fully saturated rings. The van der Waals surface area contributed by atoms with E-state index in [2.05, 4.69) is 0 Å². The Morgan fingerprint density at radius 2 is 2.00 bits per heavy atom. The van der Waals surface area contributed by atoms with Gasteiger partial charge in [-0.25, -0.2) is 0 Å². The van der Waals surface area contributed by atoms with E-state index in [1.165, 1.54) is 19.3 Å². The van der Waals surface area contributed by atoms with Crippen molar-refractivity contribution in [2.24, 2.45) is 17.6 Å². The van der Waals surface area contributed by atoms with E-state index in [0.717, 1.165) is 31.8 Å². The van der Waals surface area contributed by atoms with Gasteiger partial charge >= 0.3 is 0 Å². The van der Waals surface area contributed by atoms with Crippen LogP contribution in [0.4, 0.5) is 0 Å². The number of ether oxygens (including phenoxy) is 1. The topological polar surface area (TPSA) is 55.5 Å². The molecule has 15 heavy (non-hydrogen) atoms. The molecule has 0 aromatic heterocycles. The minimum Gasteiger partial charge on any atom is -0.386 e. The summed E-state index contributed by atoms with van der Waals surface area (Å²) in [6.45, 7) is 1.56. The summed E-state index contributed by atoms with van der Waals surface area (Å²) >= 11 is 0. The third kappa shape index (κ3) is 2.92. The van der Waals surface area contributed by atoms with Gasteiger partial charge in [0.1, 0.15) is 5.60 Å². The maximum Gasteiger partial charge on any atom is 0.103 e. The summed E-state index contributed by atoms with van der Waals surface area (Å²) in [6.07, 6.45) is 7.50. The zero-order chi connectivity index (χ0) is 10.7.